The van der Waals surface area contributed by atoms with Crippen LogP contribution in [0.3, 0.4) is 0 Å². The van der Waals surface area contributed by atoms with E-state index in [2.05, 4.69) is 10.6 Å². The van der Waals surface area contributed by atoms with E-state index < -0.39 is 154 Å². The van der Waals surface area contributed by atoms with Crippen molar-refractivity contribution in [3.05, 3.63) is 0 Å². The van der Waals surface area contributed by atoms with Gasteiger partial charge >= 0.3 is 0 Å². The van der Waals surface area contributed by atoms with Crippen LogP contribution in [0.25, 0.3) is 0 Å². The van der Waals surface area contributed by atoms with Crippen LogP contribution in [-0.2, 0) is 42.7 Å². The summed E-state index contributed by atoms with van der Waals surface area (Å²) in [5.41, 5.74) is 0. The largest absolute Gasteiger partial charge is 0.394 e. The lowest BCUT2D eigenvalue weighted by atomic mass is 9.93. The van der Waals surface area contributed by atoms with E-state index in [1.165, 1.54) is 6.92 Å². The van der Waals surface area contributed by atoms with Crippen molar-refractivity contribution in [1.82, 2.24) is 10.6 Å². The third kappa shape index (κ3) is 8.70. The summed E-state index contributed by atoms with van der Waals surface area (Å²) < 4.78 is 40.3. The number of carbonyl (C=O) groups is 2. The van der Waals surface area contributed by atoms with Crippen LogP contribution in [-0.4, -0.2) is 211 Å². The Morgan fingerprint density at radius 1 is 0.520 bits per heavy atom. The average molecular weight is 733 g/mol. The maximum absolute atomic E-state index is 12.6. The Morgan fingerprint density at radius 3 is 1.54 bits per heavy atom. The molecule has 0 aromatic heterocycles. The first-order chi connectivity index (χ1) is 23.5. The molecule has 50 heavy (non-hydrogen) atoms. The first-order valence-electron chi connectivity index (χ1n) is 15.9. The zero-order chi connectivity index (χ0) is 37.2. The van der Waals surface area contributed by atoms with Gasteiger partial charge in [-0.2, -0.15) is 0 Å². The monoisotopic (exact) mass is 732 g/mol. The number of rotatable bonds is 11. The fraction of sp³-hybridized carbons (Fsp3) is 0.929. The van der Waals surface area contributed by atoms with E-state index in [4.69, 9.17) is 33.2 Å². The molecule has 4 saturated heterocycles. The number of aliphatic hydroxyl groups is 11. The molecule has 0 aromatic carbocycles. The number of hydrogen-bond acceptors (Lipinski definition) is 20. The summed E-state index contributed by atoms with van der Waals surface area (Å²) in [6.45, 7) is 0.937. The molecule has 0 bridgehead atoms. The number of ether oxygens (including phenoxy) is 7. The topological polar surface area (TPSA) is 345 Å². The van der Waals surface area contributed by atoms with Gasteiger partial charge in [-0.1, -0.05) is 0 Å². The lowest BCUT2D eigenvalue weighted by Crippen LogP contribution is -2.71. The van der Waals surface area contributed by atoms with Crippen LogP contribution in [0.4, 0.5) is 0 Å². The van der Waals surface area contributed by atoms with Crippen molar-refractivity contribution < 1.29 is 98.9 Å². The van der Waals surface area contributed by atoms with Gasteiger partial charge < -0.3 is 100.0 Å². The number of aliphatic hydroxyl groups excluding tert-OH is 11. The molecule has 0 spiro atoms. The van der Waals surface area contributed by atoms with Crippen LogP contribution in [0.1, 0.15) is 20.8 Å². The third-order valence-corrected chi connectivity index (χ3v) is 8.97. The summed E-state index contributed by atoms with van der Waals surface area (Å²) >= 11 is 0. The third-order valence-electron chi connectivity index (χ3n) is 8.97. The molecule has 0 saturated carbocycles. The first kappa shape index (κ1) is 41.0. The summed E-state index contributed by atoms with van der Waals surface area (Å²) in [6.07, 6.45) is -30.6. The highest BCUT2D eigenvalue weighted by molar-refractivity contribution is 5.73. The molecule has 22 heteroatoms. The molecule has 20 atom stereocenters. The van der Waals surface area contributed by atoms with Gasteiger partial charge in [0.15, 0.2) is 25.2 Å². The molecule has 4 heterocycles. The van der Waals surface area contributed by atoms with Gasteiger partial charge in [0.2, 0.25) is 11.8 Å². The van der Waals surface area contributed by atoms with E-state index in [0.717, 1.165) is 13.8 Å². The Balaban J connectivity index is 1.76. The second kappa shape index (κ2) is 17.4. The Labute approximate surface area is 285 Å². The lowest BCUT2D eigenvalue weighted by molar-refractivity contribution is -0.381. The SMILES string of the molecule is CC(=O)N[C@H]1[C@H](O[C@H]2[C@@H](O)[C@@H](CO)OC(O)[C@@H]2NC(C)=O)O[C@H](CO)[C@@H](O[C@@H]2O[C@@H](C)[C@@H](O)[C@@H](O)[C@@H]2O)[C@@H]1O[C@@H]1O[C@H](CO)[C@H](O)[C@H](O)[C@H]1O. The van der Waals surface area contributed by atoms with Crippen LogP contribution in [0, 0.1) is 0 Å². The van der Waals surface area contributed by atoms with Crippen molar-refractivity contribution in [3.63, 3.8) is 0 Å². The highest BCUT2D eigenvalue weighted by Crippen LogP contribution is 2.35. The molecule has 22 nitrogen and oxygen atoms in total. The standard InChI is InChI=1S/C28H48N2O20/c1-7-15(36)18(39)20(41)27(44-7)48-22-12(6-33)47-26(49-23-13(29-8(2)34)25(43)45-11(5-32)17(23)38)14(30-9(3)35)24(22)50-28-21(42)19(40)16(37)10(4-31)46-28/h7,10-28,31-33,36-43H,4-6H2,1-3H3,(H,29,34)(H,30,35)/t7-,10+,11+,12+,13+,14+,15+,16-,17-,18+,19-,20-,21+,22+,23+,24+,25?,26-,27-,28-/m0/s1. The highest BCUT2D eigenvalue weighted by Gasteiger charge is 2.56. The van der Waals surface area contributed by atoms with Gasteiger partial charge in [-0.15, -0.1) is 0 Å². The molecule has 0 aromatic rings. The van der Waals surface area contributed by atoms with Crippen molar-refractivity contribution in [3.8, 4) is 0 Å². The maximum atomic E-state index is 12.6. The molecule has 0 radical (unpaired) electrons. The van der Waals surface area contributed by atoms with Gasteiger partial charge in [0, 0.05) is 13.8 Å². The summed E-state index contributed by atoms with van der Waals surface area (Å²) in [5.74, 6) is -1.46. The Morgan fingerprint density at radius 2 is 0.980 bits per heavy atom. The molecular formula is C28H48N2O20. The first-order valence-corrected chi connectivity index (χ1v) is 15.9. The Kier molecular flexibility index (Phi) is 14.2. The molecule has 2 amide bonds. The second-order valence-corrected chi connectivity index (χ2v) is 12.6. The quantitative estimate of drug-likeness (QED) is 0.0938. The van der Waals surface area contributed by atoms with Gasteiger partial charge in [-0.25, -0.2) is 0 Å². The molecule has 4 aliphatic rings. The summed E-state index contributed by atoms with van der Waals surface area (Å²) in [5, 5.41) is 119. The van der Waals surface area contributed by atoms with Crippen molar-refractivity contribution in [2.24, 2.45) is 0 Å². The van der Waals surface area contributed by atoms with E-state index in [9.17, 15) is 65.8 Å². The van der Waals surface area contributed by atoms with Crippen LogP contribution in [0.15, 0.2) is 0 Å². The summed E-state index contributed by atoms with van der Waals surface area (Å²) in [4.78, 5) is 24.6. The molecule has 0 aliphatic carbocycles. The smallest absolute Gasteiger partial charge is 0.217 e. The predicted molar refractivity (Wildman–Crippen MR) is 156 cm³/mol. The number of amides is 2. The van der Waals surface area contributed by atoms with E-state index in [-0.39, 0.29) is 0 Å². The minimum absolute atomic E-state index is 0.693. The molecular weight excluding hydrogens is 684 g/mol. The molecule has 13 N–H and O–H groups in total. The predicted octanol–water partition coefficient (Wildman–Crippen LogP) is -8.43. The zero-order valence-electron chi connectivity index (χ0n) is 27.3. The maximum Gasteiger partial charge on any atom is 0.217 e. The summed E-state index contributed by atoms with van der Waals surface area (Å²) in [6, 6.07) is -3.13. The Bertz CT molecular complexity index is 1120. The van der Waals surface area contributed by atoms with Gasteiger partial charge in [-0.3, -0.25) is 9.59 Å². The molecule has 4 rings (SSSR count). The van der Waals surface area contributed by atoms with E-state index >= 15 is 0 Å². The zero-order valence-corrected chi connectivity index (χ0v) is 27.3. The van der Waals surface area contributed by atoms with Gasteiger partial charge in [0.1, 0.15) is 91.4 Å². The van der Waals surface area contributed by atoms with Gasteiger partial charge in [-0.05, 0) is 6.92 Å². The van der Waals surface area contributed by atoms with Crippen LogP contribution >= 0.6 is 0 Å². The number of carbonyl (C=O) groups excluding carboxylic acids is 2. The summed E-state index contributed by atoms with van der Waals surface area (Å²) in [7, 11) is 0. The molecule has 1 unspecified atom stereocenters. The molecule has 290 valence electrons. The fourth-order valence-electron chi connectivity index (χ4n) is 6.29. The minimum Gasteiger partial charge on any atom is -0.394 e. The molecule has 4 fully saturated rings. The lowest BCUT2D eigenvalue weighted by Gasteiger charge is -2.51. The highest BCUT2D eigenvalue weighted by atomic mass is 16.8. The number of nitrogens with one attached hydrogen (secondary N) is 2. The van der Waals surface area contributed by atoms with E-state index in [1.54, 1.807) is 0 Å². The minimum atomic E-state index is -2.00. The number of hydrogen-bond donors (Lipinski definition) is 13. The second-order valence-electron chi connectivity index (χ2n) is 12.6. The van der Waals surface area contributed by atoms with E-state index in [1.807, 2.05) is 0 Å². The van der Waals surface area contributed by atoms with Crippen LogP contribution < -0.4 is 10.6 Å². The van der Waals surface area contributed by atoms with Crippen molar-refractivity contribution in [2.75, 3.05) is 19.8 Å². The van der Waals surface area contributed by atoms with E-state index in [0.29, 0.717) is 0 Å². The molecule has 4 aliphatic heterocycles. The van der Waals surface area contributed by atoms with Gasteiger partial charge in [0.05, 0.1) is 25.9 Å². The Hall–Kier alpha value is -1.78. The van der Waals surface area contributed by atoms with Crippen molar-refractivity contribution in [2.45, 2.75) is 143 Å². The average Bonchev–Trinajstić information content (AvgIpc) is 3.07. The fourth-order valence-corrected chi connectivity index (χ4v) is 6.29. The van der Waals surface area contributed by atoms with Crippen LogP contribution in [0.5, 0.6) is 0 Å². The van der Waals surface area contributed by atoms with Crippen molar-refractivity contribution >= 4 is 11.8 Å². The van der Waals surface area contributed by atoms with Gasteiger partial charge in [0.25, 0.3) is 0 Å². The van der Waals surface area contributed by atoms with Crippen LogP contribution in [0.2, 0.25) is 0 Å². The van der Waals surface area contributed by atoms with Crippen molar-refractivity contribution in [1.29, 1.82) is 0 Å². The normalized spacial score (nSPS) is 48.5.